The lowest BCUT2D eigenvalue weighted by atomic mass is 9.66. The van der Waals surface area contributed by atoms with Gasteiger partial charge in [-0.15, -0.1) is 23.1 Å². The van der Waals surface area contributed by atoms with E-state index < -0.39 is 41.5 Å². The average molecular weight is 544 g/mol. The maximum atomic E-state index is 13.0. The Balaban J connectivity index is 1.50. The van der Waals surface area contributed by atoms with E-state index in [-0.39, 0.29) is 18.7 Å². The Morgan fingerprint density at radius 1 is 1.30 bits per heavy atom. The van der Waals surface area contributed by atoms with Gasteiger partial charge in [-0.05, 0) is 31.7 Å². The van der Waals surface area contributed by atoms with Crippen LogP contribution in [0.5, 0.6) is 5.75 Å². The van der Waals surface area contributed by atoms with Gasteiger partial charge in [0.2, 0.25) is 5.91 Å². The molecule has 0 saturated carbocycles. The first-order chi connectivity index (χ1) is 17.7. The van der Waals surface area contributed by atoms with Crippen molar-refractivity contribution < 1.29 is 34.1 Å². The van der Waals surface area contributed by atoms with E-state index in [1.54, 1.807) is 36.7 Å². The number of nitrogens with zero attached hydrogens (tertiary/aromatic N) is 3. The fourth-order valence-corrected chi connectivity index (χ4v) is 7.29. The van der Waals surface area contributed by atoms with Crippen molar-refractivity contribution in [1.29, 1.82) is 0 Å². The van der Waals surface area contributed by atoms with Gasteiger partial charge in [0.15, 0.2) is 0 Å². The molecule has 12 heteroatoms. The molecule has 37 heavy (non-hydrogen) atoms. The first kappa shape index (κ1) is 25.3. The minimum Gasteiger partial charge on any atom is -0.477 e. The highest BCUT2D eigenvalue weighted by Crippen LogP contribution is 2.60. The van der Waals surface area contributed by atoms with E-state index in [1.165, 1.54) is 34.9 Å². The minimum atomic E-state index is -1.23. The van der Waals surface area contributed by atoms with Crippen molar-refractivity contribution in [2.24, 2.45) is 11.3 Å². The highest BCUT2D eigenvalue weighted by molar-refractivity contribution is 7.98. The molecule has 10 nitrogen and oxygen atoms in total. The molecular weight excluding hydrogens is 518 g/mol. The number of carboxylic acids is 1. The molecule has 0 bridgehead atoms. The fraction of sp³-hybridized carbons (Fsp3) is 0.360. The van der Waals surface area contributed by atoms with E-state index in [9.17, 15) is 24.6 Å². The van der Waals surface area contributed by atoms with Crippen molar-refractivity contribution in [2.75, 3.05) is 12.9 Å². The number of aliphatic carboxylic acids is 1. The quantitative estimate of drug-likeness (QED) is 0.189. The number of benzene rings is 1. The Kier molecular flexibility index (Phi) is 6.50. The lowest BCUT2D eigenvalue weighted by Crippen LogP contribution is -2.66. The van der Waals surface area contributed by atoms with Gasteiger partial charge in [-0.2, -0.15) is 0 Å². The number of aromatic nitrogens is 2. The van der Waals surface area contributed by atoms with Crippen molar-refractivity contribution in [3.8, 4) is 5.75 Å². The van der Waals surface area contributed by atoms with Crippen molar-refractivity contribution in [3.05, 3.63) is 53.4 Å². The molecule has 4 heterocycles. The summed E-state index contributed by atoms with van der Waals surface area (Å²) in [6, 6.07) is 7.90. The van der Waals surface area contributed by atoms with Crippen LogP contribution in [0.1, 0.15) is 25.1 Å². The minimum absolute atomic E-state index is 0.0779. The Hall–Kier alpha value is -3.35. The molecule has 2 aliphatic heterocycles. The summed E-state index contributed by atoms with van der Waals surface area (Å²) in [5.41, 5.74) is -0.557. The number of aliphatic hydroxyl groups excluding tert-OH is 1. The Morgan fingerprint density at radius 2 is 2.03 bits per heavy atom. The van der Waals surface area contributed by atoms with Crippen LogP contribution in [0.4, 0.5) is 4.79 Å². The summed E-state index contributed by atoms with van der Waals surface area (Å²) >= 11 is 2.87. The number of thiazole rings is 1. The second-order valence-corrected chi connectivity index (χ2v) is 11.0. The number of rotatable bonds is 8. The molecule has 4 atom stereocenters. The number of carboxylic acid groups (broad SMARTS) is 1. The normalized spacial score (nSPS) is 23.7. The van der Waals surface area contributed by atoms with Crippen molar-refractivity contribution in [3.63, 3.8) is 0 Å². The number of para-hydroxylation sites is 1. The number of hydrogen-bond donors (Lipinski definition) is 2. The first-order valence-electron chi connectivity index (χ1n) is 11.6. The van der Waals surface area contributed by atoms with E-state index in [0.717, 1.165) is 9.86 Å². The summed E-state index contributed by atoms with van der Waals surface area (Å²) in [7, 11) is 0. The van der Waals surface area contributed by atoms with Crippen molar-refractivity contribution in [2.45, 2.75) is 37.4 Å². The van der Waals surface area contributed by atoms with Gasteiger partial charge in [0.05, 0.1) is 29.5 Å². The van der Waals surface area contributed by atoms with Crippen LogP contribution in [0, 0.1) is 11.3 Å². The molecule has 0 spiro atoms. The molecule has 2 aromatic heterocycles. The standard InChI is InChI=1S/C25H25N3O7S2/c1-13(29)16-19-25(2,9-10-34-24(33)35-14-7-5-4-6-8-14)17(18(23(31)32)28(19)21(16)30)15-11-27-12-26-20(36-3)22(27)37-15/h4-8,11-13,16,19,29H,9-10H2,1-3H3,(H,31,32)/t13-,16-,19-,25?/m1/s1. The van der Waals surface area contributed by atoms with Crippen molar-refractivity contribution >= 4 is 51.5 Å². The summed E-state index contributed by atoms with van der Waals surface area (Å²) < 4.78 is 12.4. The third kappa shape index (κ3) is 4.09. The van der Waals surface area contributed by atoms with Crippen LogP contribution in [0.15, 0.2) is 53.6 Å². The number of imidazole rings is 1. The number of amides is 1. The van der Waals surface area contributed by atoms with Gasteiger partial charge < -0.3 is 24.6 Å². The van der Waals surface area contributed by atoms with Crippen LogP contribution >= 0.6 is 23.1 Å². The van der Waals surface area contributed by atoms with Crippen LogP contribution < -0.4 is 4.74 Å². The molecule has 3 aromatic rings. The van der Waals surface area contributed by atoms with Crippen LogP contribution in [0.25, 0.3) is 10.4 Å². The smallest absolute Gasteiger partial charge is 0.477 e. The maximum Gasteiger partial charge on any atom is 0.513 e. The topological polar surface area (TPSA) is 131 Å². The zero-order valence-corrected chi connectivity index (χ0v) is 21.9. The number of ether oxygens (including phenoxy) is 2. The van der Waals surface area contributed by atoms with Gasteiger partial charge in [0.25, 0.3) is 0 Å². The highest BCUT2D eigenvalue weighted by atomic mass is 32.2. The van der Waals surface area contributed by atoms with Crippen LogP contribution in [-0.4, -0.2) is 67.5 Å². The van der Waals surface area contributed by atoms with Crippen molar-refractivity contribution in [1.82, 2.24) is 14.3 Å². The van der Waals surface area contributed by atoms with Crippen LogP contribution in [-0.2, 0) is 14.3 Å². The molecule has 1 aromatic carbocycles. The Labute approximate surface area is 220 Å². The van der Waals surface area contributed by atoms with Crippen LogP contribution in [0.3, 0.4) is 0 Å². The second-order valence-electron chi connectivity index (χ2n) is 9.19. The molecule has 1 saturated heterocycles. The molecular formula is C25H25N3O7S2. The Bertz CT molecular complexity index is 1410. The molecule has 5 rings (SSSR count). The third-order valence-corrected chi connectivity index (χ3v) is 8.91. The van der Waals surface area contributed by atoms with Gasteiger partial charge in [-0.1, -0.05) is 25.1 Å². The molecule has 194 valence electrons. The fourth-order valence-electron chi connectivity index (χ4n) is 5.33. The monoisotopic (exact) mass is 543 g/mol. The number of aliphatic hydroxyl groups is 1. The lowest BCUT2D eigenvalue weighted by Gasteiger charge is -2.50. The predicted molar refractivity (Wildman–Crippen MR) is 136 cm³/mol. The molecule has 1 fully saturated rings. The number of β-lactam (4-membered cyclic amide) rings is 1. The van der Waals surface area contributed by atoms with E-state index in [0.29, 0.717) is 16.2 Å². The highest BCUT2D eigenvalue weighted by Gasteiger charge is 2.66. The average Bonchev–Trinajstić information content (AvgIpc) is 3.48. The lowest BCUT2D eigenvalue weighted by molar-refractivity contribution is -0.167. The number of carbonyl (C=O) groups is 3. The van der Waals surface area contributed by atoms with Crippen LogP contribution in [0.2, 0.25) is 0 Å². The second kappa shape index (κ2) is 9.51. The maximum absolute atomic E-state index is 13.0. The summed E-state index contributed by atoms with van der Waals surface area (Å²) in [4.78, 5) is 45.0. The molecule has 2 N–H and O–H groups in total. The van der Waals surface area contributed by atoms with E-state index in [1.807, 2.05) is 23.8 Å². The Morgan fingerprint density at radius 3 is 2.68 bits per heavy atom. The molecule has 0 radical (unpaired) electrons. The zero-order valence-electron chi connectivity index (χ0n) is 20.3. The first-order valence-corrected chi connectivity index (χ1v) is 13.6. The predicted octanol–water partition coefficient (Wildman–Crippen LogP) is 3.75. The third-order valence-electron chi connectivity index (χ3n) is 6.97. The SMILES string of the molecule is CSc1ncn2cc(C3=C(C(=O)O)N4C(=O)[C@H]([C@@H](C)O)[C@@H]4C3(C)CCOC(=O)Oc3ccccc3)sc12. The number of thioether (sulfide) groups is 1. The molecule has 2 aliphatic rings. The summed E-state index contributed by atoms with van der Waals surface area (Å²) in [6.45, 7) is 3.30. The van der Waals surface area contributed by atoms with E-state index >= 15 is 0 Å². The van der Waals surface area contributed by atoms with Gasteiger partial charge in [-0.25, -0.2) is 14.6 Å². The number of hydrogen-bond acceptors (Lipinski definition) is 9. The molecule has 0 aliphatic carbocycles. The zero-order chi connectivity index (χ0) is 26.5. The summed E-state index contributed by atoms with van der Waals surface area (Å²) in [6.07, 6.45) is 3.73. The van der Waals surface area contributed by atoms with E-state index in [2.05, 4.69) is 4.98 Å². The van der Waals surface area contributed by atoms with Gasteiger partial charge >= 0.3 is 12.1 Å². The van der Waals surface area contributed by atoms with Gasteiger partial charge in [-0.3, -0.25) is 9.20 Å². The summed E-state index contributed by atoms with van der Waals surface area (Å²) in [5.74, 6) is -2.10. The van der Waals surface area contributed by atoms with Gasteiger partial charge in [0, 0.05) is 17.2 Å². The largest absolute Gasteiger partial charge is 0.513 e. The number of carbonyl (C=O) groups excluding carboxylic acids is 2. The van der Waals surface area contributed by atoms with Gasteiger partial charge in [0.1, 0.15) is 27.6 Å². The number of fused-ring (bicyclic) bond motifs is 2. The molecule has 1 unspecified atom stereocenters. The molecule has 1 amide bonds. The van der Waals surface area contributed by atoms with E-state index in [4.69, 9.17) is 9.47 Å². The summed E-state index contributed by atoms with van der Waals surface area (Å²) in [5, 5.41) is 21.4.